The average molecular weight is 477 g/mol. The Morgan fingerprint density at radius 3 is 2.97 bits per heavy atom. The molecule has 0 bridgehead atoms. The maximum atomic E-state index is 12.7. The van der Waals surface area contributed by atoms with Crippen LogP contribution in [0, 0.1) is 5.92 Å². The van der Waals surface area contributed by atoms with E-state index in [-0.39, 0.29) is 17.7 Å². The van der Waals surface area contributed by atoms with Gasteiger partial charge in [0.1, 0.15) is 5.82 Å². The smallest absolute Gasteiger partial charge is 0.285 e. The number of fused-ring (bicyclic) bond motifs is 1. The van der Waals surface area contributed by atoms with Crippen LogP contribution in [-0.2, 0) is 13.0 Å². The molecule has 3 aliphatic rings. The number of hydrogen-bond acceptors (Lipinski definition) is 7. The molecule has 10 nitrogen and oxygen atoms in total. The van der Waals surface area contributed by atoms with Crippen LogP contribution >= 0.6 is 0 Å². The molecule has 0 spiro atoms. The minimum atomic E-state index is -0.736. The molecule has 1 amide bonds. The zero-order valence-corrected chi connectivity index (χ0v) is 19.9. The van der Waals surface area contributed by atoms with Crippen molar-refractivity contribution in [2.75, 3.05) is 6.54 Å². The number of unbranched alkanes of at least 4 members (excludes halogenated alkanes) is 1. The number of nitrogens with one attached hydrogen (secondary N) is 3. The molecule has 4 N–H and O–H groups in total. The third-order valence-electron chi connectivity index (χ3n) is 6.89. The summed E-state index contributed by atoms with van der Waals surface area (Å²) in [5.41, 5.74) is 8.89. The lowest BCUT2D eigenvalue weighted by molar-refractivity contribution is 0.0892. The summed E-state index contributed by atoms with van der Waals surface area (Å²) in [5.74, 6) is 1.60. The summed E-state index contributed by atoms with van der Waals surface area (Å²) in [6.45, 7) is 3.32. The van der Waals surface area contributed by atoms with E-state index in [2.05, 4.69) is 84.4 Å². The molecule has 3 unspecified atom stereocenters. The van der Waals surface area contributed by atoms with E-state index in [0.717, 1.165) is 37.9 Å². The predicted molar refractivity (Wildman–Crippen MR) is 130 cm³/mol. The van der Waals surface area contributed by atoms with Gasteiger partial charge >= 0.3 is 0 Å². The number of aromatic nitrogens is 6. The van der Waals surface area contributed by atoms with Crippen molar-refractivity contribution in [2.24, 2.45) is 5.92 Å². The Morgan fingerprint density at radius 1 is 1.29 bits per heavy atom. The third kappa shape index (κ3) is 4.89. The molecule has 0 radical (unpaired) electrons. The maximum Gasteiger partial charge on any atom is 0.285 e. The van der Waals surface area contributed by atoms with E-state index >= 15 is 0 Å². The van der Waals surface area contributed by atoms with Crippen molar-refractivity contribution < 1.29 is 9.90 Å². The van der Waals surface area contributed by atoms with Crippen molar-refractivity contribution in [1.29, 1.82) is 0 Å². The molecule has 10 heteroatoms. The average Bonchev–Trinajstić information content (AvgIpc) is 3.53. The Hall–Kier alpha value is -3.37. The van der Waals surface area contributed by atoms with E-state index < -0.39 is 6.10 Å². The van der Waals surface area contributed by atoms with Crippen molar-refractivity contribution in [3.05, 3.63) is 70.6 Å². The van der Waals surface area contributed by atoms with Crippen molar-refractivity contribution >= 4 is 5.91 Å². The zero-order chi connectivity index (χ0) is 24.2. The van der Waals surface area contributed by atoms with Gasteiger partial charge in [-0.25, -0.2) is 10.4 Å². The van der Waals surface area contributed by atoms with Crippen LogP contribution in [0.2, 0.25) is 0 Å². The van der Waals surface area contributed by atoms with Gasteiger partial charge in [-0.05, 0) is 42.7 Å². The SMILES string of the molecule is CCCCc1nc2c(n1CC1C=CC(C3=CC=CCC3c3nn[nH]n3)=CC1)C(O)CCNNC2=O. The van der Waals surface area contributed by atoms with Gasteiger partial charge in [0.15, 0.2) is 11.5 Å². The minimum absolute atomic E-state index is 0.0856. The largest absolute Gasteiger partial charge is 0.387 e. The standard InChI is InChI=1S/C25H32N8O2/c1-2-3-8-21-27-22-23(20(34)13-14-26-30-25(22)35)33(21)15-16-9-11-17(12-10-16)18-6-4-5-7-19(18)24-28-31-32-29-24/h4-6,9,11-12,16,19-20,26,34H,2-3,7-8,10,13-15H2,1H3,(H,30,35)(H,28,29,31,32). The van der Waals surface area contributed by atoms with Crippen LogP contribution in [-0.4, -0.2) is 47.7 Å². The lowest BCUT2D eigenvalue weighted by Gasteiger charge is -2.25. The van der Waals surface area contributed by atoms with E-state index in [0.29, 0.717) is 36.7 Å². The van der Waals surface area contributed by atoms with Crippen LogP contribution in [0.4, 0.5) is 0 Å². The number of aryl methyl sites for hydroxylation is 1. The van der Waals surface area contributed by atoms with Crippen molar-refractivity contribution in [2.45, 2.75) is 64.0 Å². The monoisotopic (exact) mass is 476 g/mol. The predicted octanol–water partition coefficient (Wildman–Crippen LogP) is 2.58. The molecular weight excluding hydrogens is 444 g/mol. The number of amides is 1. The summed E-state index contributed by atoms with van der Waals surface area (Å²) >= 11 is 0. The van der Waals surface area contributed by atoms with Crippen LogP contribution < -0.4 is 10.9 Å². The Kier molecular flexibility index (Phi) is 7.01. The molecule has 5 rings (SSSR count). The maximum absolute atomic E-state index is 12.7. The van der Waals surface area contributed by atoms with Gasteiger partial charge < -0.3 is 9.67 Å². The summed E-state index contributed by atoms with van der Waals surface area (Å²) in [5, 5.41) is 25.6. The highest BCUT2D eigenvalue weighted by Crippen LogP contribution is 2.36. The van der Waals surface area contributed by atoms with Crippen LogP contribution in [0.3, 0.4) is 0 Å². The third-order valence-corrected chi connectivity index (χ3v) is 6.89. The molecule has 184 valence electrons. The number of aliphatic hydroxyl groups is 1. The molecule has 0 aromatic carbocycles. The number of hydrogen-bond donors (Lipinski definition) is 4. The van der Waals surface area contributed by atoms with Gasteiger partial charge in [-0.15, -0.1) is 10.2 Å². The second kappa shape index (κ2) is 10.5. The molecule has 1 aliphatic heterocycles. The molecule has 2 aromatic rings. The lowest BCUT2D eigenvalue weighted by Crippen LogP contribution is -2.41. The molecular formula is C25H32N8O2. The van der Waals surface area contributed by atoms with Crippen molar-refractivity contribution in [3.63, 3.8) is 0 Å². The number of nitrogens with zero attached hydrogens (tertiary/aromatic N) is 5. The Morgan fingerprint density at radius 2 is 2.20 bits per heavy atom. The molecule has 35 heavy (non-hydrogen) atoms. The first kappa shape index (κ1) is 23.4. The quantitative estimate of drug-likeness (QED) is 0.483. The summed E-state index contributed by atoms with van der Waals surface area (Å²) in [6.07, 6.45) is 17.3. The van der Waals surface area contributed by atoms with E-state index in [4.69, 9.17) is 0 Å². The fourth-order valence-corrected chi connectivity index (χ4v) is 5.03. The minimum Gasteiger partial charge on any atom is -0.387 e. The molecule has 2 aromatic heterocycles. The topological polar surface area (TPSA) is 134 Å². The second-order valence-electron chi connectivity index (χ2n) is 9.28. The molecule has 0 fully saturated rings. The number of aliphatic hydroxyl groups excluding tert-OH is 1. The number of imidazole rings is 1. The summed E-state index contributed by atoms with van der Waals surface area (Å²) in [7, 11) is 0. The summed E-state index contributed by atoms with van der Waals surface area (Å²) in [6, 6.07) is 0. The van der Waals surface area contributed by atoms with Gasteiger partial charge in [-0.2, -0.15) is 5.21 Å². The van der Waals surface area contributed by atoms with E-state index in [1.165, 1.54) is 11.1 Å². The Balaban J connectivity index is 1.38. The van der Waals surface area contributed by atoms with Gasteiger partial charge in [-0.1, -0.05) is 55.0 Å². The van der Waals surface area contributed by atoms with Gasteiger partial charge in [0.25, 0.3) is 5.91 Å². The first-order chi connectivity index (χ1) is 17.2. The van der Waals surface area contributed by atoms with Crippen LogP contribution in [0.15, 0.2) is 47.6 Å². The highest BCUT2D eigenvalue weighted by molar-refractivity contribution is 5.93. The first-order valence-electron chi connectivity index (χ1n) is 12.4. The van der Waals surface area contributed by atoms with Crippen LogP contribution in [0.5, 0.6) is 0 Å². The highest BCUT2D eigenvalue weighted by Gasteiger charge is 2.30. The van der Waals surface area contributed by atoms with Crippen LogP contribution in [0.25, 0.3) is 0 Å². The number of carbonyl (C=O) groups excluding carboxylic acids is 1. The van der Waals surface area contributed by atoms with E-state index in [1.54, 1.807) is 0 Å². The number of hydrazine groups is 1. The van der Waals surface area contributed by atoms with Gasteiger partial charge in [0, 0.05) is 19.5 Å². The van der Waals surface area contributed by atoms with Gasteiger partial charge in [-0.3, -0.25) is 10.2 Å². The Bertz CT molecular complexity index is 1170. The number of H-pyrrole nitrogens is 1. The van der Waals surface area contributed by atoms with Crippen molar-refractivity contribution in [1.82, 2.24) is 41.0 Å². The number of carbonyl (C=O) groups is 1. The first-order valence-corrected chi connectivity index (χ1v) is 12.4. The summed E-state index contributed by atoms with van der Waals surface area (Å²) < 4.78 is 2.10. The fourth-order valence-electron chi connectivity index (χ4n) is 5.03. The molecule has 0 saturated carbocycles. The molecule has 3 atom stereocenters. The molecule has 2 aliphatic carbocycles. The lowest BCUT2D eigenvalue weighted by atomic mass is 9.82. The van der Waals surface area contributed by atoms with Gasteiger partial charge in [0.2, 0.25) is 0 Å². The molecule has 0 saturated heterocycles. The van der Waals surface area contributed by atoms with Crippen molar-refractivity contribution in [3.8, 4) is 0 Å². The second-order valence-corrected chi connectivity index (χ2v) is 9.28. The zero-order valence-electron chi connectivity index (χ0n) is 19.9. The summed E-state index contributed by atoms with van der Waals surface area (Å²) in [4.78, 5) is 17.4. The number of tetrazole rings is 1. The molecule has 3 heterocycles. The number of aromatic amines is 1. The highest BCUT2D eigenvalue weighted by atomic mass is 16.3. The fraction of sp³-hybridized carbons (Fsp3) is 0.480. The normalized spacial score (nSPS) is 24.3. The van der Waals surface area contributed by atoms with Gasteiger partial charge in [0.05, 0.1) is 17.7 Å². The van der Waals surface area contributed by atoms with E-state index in [9.17, 15) is 9.90 Å². The van der Waals surface area contributed by atoms with Crippen LogP contribution in [0.1, 0.15) is 78.9 Å². The number of rotatable bonds is 7. The Labute approximate surface area is 204 Å². The van der Waals surface area contributed by atoms with E-state index in [1.807, 2.05) is 0 Å². The number of allylic oxidation sites excluding steroid dienone is 8.